The van der Waals surface area contributed by atoms with Gasteiger partial charge in [0.15, 0.2) is 0 Å². The maximum absolute atomic E-state index is 4.69. The molecule has 2 aromatic rings. The van der Waals surface area contributed by atoms with Gasteiger partial charge in [0.05, 0.1) is 11.0 Å². The molecule has 21 heavy (non-hydrogen) atoms. The molecule has 0 spiro atoms. The zero-order valence-corrected chi connectivity index (χ0v) is 14.1. The molecule has 0 saturated heterocycles. The molecule has 2 rings (SSSR count). The molecule has 1 aromatic heterocycles. The summed E-state index contributed by atoms with van der Waals surface area (Å²) in [6, 6.07) is 7.15. The molecular weight excluding hydrogens is 258 g/mol. The fraction of sp³-hybridized carbons (Fsp3) is 0.611. The molecule has 0 unspecified atom stereocenters. The van der Waals surface area contributed by atoms with E-state index in [0.29, 0.717) is 6.04 Å². The molecule has 0 fully saturated rings. The van der Waals surface area contributed by atoms with E-state index in [1.54, 1.807) is 0 Å². The summed E-state index contributed by atoms with van der Waals surface area (Å²) in [5.41, 5.74) is 3.78. The van der Waals surface area contributed by atoms with E-state index in [1.165, 1.54) is 18.4 Å². The largest absolute Gasteiger partial charge is 0.342 e. The Morgan fingerprint density at radius 2 is 1.95 bits per heavy atom. The Labute approximate surface area is 128 Å². The van der Waals surface area contributed by atoms with Crippen molar-refractivity contribution < 1.29 is 0 Å². The number of aryl methyl sites for hydroxylation is 1. The molecule has 0 radical (unpaired) electrons. The quantitative estimate of drug-likeness (QED) is 0.782. The van der Waals surface area contributed by atoms with E-state index in [0.717, 1.165) is 29.8 Å². The van der Waals surface area contributed by atoms with Crippen LogP contribution in [-0.4, -0.2) is 22.6 Å². The Kier molecular flexibility index (Phi) is 5.04. The Balaban J connectivity index is 1.96. The normalized spacial score (nSPS) is 12.5. The van der Waals surface area contributed by atoms with E-state index >= 15 is 0 Å². The summed E-state index contributed by atoms with van der Waals surface area (Å²) in [5.74, 6) is 1.11. The van der Waals surface area contributed by atoms with E-state index in [1.807, 2.05) is 0 Å². The molecule has 0 aliphatic rings. The predicted octanol–water partition coefficient (Wildman–Crippen LogP) is 4.18. The lowest BCUT2D eigenvalue weighted by atomic mass is 9.87. The van der Waals surface area contributed by atoms with Crippen LogP contribution in [0, 0.1) is 0 Å². The smallest absolute Gasteiger partial charge is 0.107 e. The maximum Gasteiger partial charge on any atom is 0.107 e. The highest BCUT2D eigenvalue weighted by molar-refractivity contribution is 5.76. The minimum Gasteiger partial charge on any atom is -0.342 e. The minimum absolute atomic E-state index is 0.183. The highest BCUT2D eigenvalue weighted by Gasteiger charge is 2.14. The summed E-state index contributed by atoms with van der Waals surface area (Å²) in [7, 11) is 0. The number of nitrogens with one attached hydrogen (secondary N) is 2. The van der Waals surface area contributed by atoms with Crippen molar-refractivity contribution in [1.29, 1.82) is 0 Å². The lowest BCUT2D eigenvalue weighted by molar-refractivity contribution is 0.555. The molecular formula is C18H29N3. The van der Waals surface area contributed by atoms with E-state index in [4.69, 9.17) is 4.98 Å². The van der Waals surface area contributed by atoms with E-state index in [9.17, 15) is 0 Å². The summed E-state index contributed by atoms with van der Waals surface area (Å²) in [6.45, 7) is 12.2. The monoisotopic (exact) mass is 287 g/mol. The molecule has 0 aliphatic heterocycles. The van der Waals surface area contributed by atoms with Gasteiger partial charge < -0.3 is 10.3 Å². The van der Waals surface area contributed by atoms with Gasteiger partial charge in [0.2, 0.25) is 0 Å². The zero-order chi connectivity index (χ0) is 15.5. The summed E-state index contributed by atoms with van der Waals surface area (Å²) in [4.78, 5) is 8.17. The van der Waals surface area contributed by atoms with Crippen LogP contribution >= 0.6 is 0 Å². The van der Waals surface area contributed by atoms with Crippen LogP contribution in [0.25, 0.3) is 11.0 Å². The van der Waals surface area contributed by atoms with Gasteiger partial charge in [-0.05, 0) is 42.5 Å². The van der Waals surface area contributed by atoms with Gasteiger partial charge in [-0.25, -0.2) is 4.98 Å². The summed E-state index contributed by atoms with van der Waals surface area (Å²) < 4.78 is 0. The van der Waals surface area contributed by atoms with Crippen molar-refractivity contribution in [2.45, 2.75) is 65.3 Å². The average Bonchev–Trinajstić information content (AvgIpc) is 2.78. The van der Waals surface area contributed by atoms with Gasteiger partial charge in [0.1, 0.15) is 5.82 Å². The first-order valence-corrected chi connectivity index (χ1v) is 8.09. The number of unbranched alkanes of at least 4 members (excludes halogenated alkanes) is 1. The minimum atomic E-state index is 0.183. The van der Waals surface area contributed by atoms with E-state index in [-0.39, 0.29) is 5.41 Å². The van der Waals surface area contributed by atoms with Gasteiger partial charge in [-0.2, -0.15) is 0 Å². The van der Waals surface area contributed by atoms with Crippen LogP contribution in [0.15, 0.2) is 18.2 Å². The standard InChI is InChI=1S/C18H29N3/c1-13(2)19-11-7-6-8-17-20-15-10-9-14(18(3,4)5)12-16(15)21-17/h9-10,12-13,19H,6-8,11H2,1-5H3,(H,20,21). The van der Waals surface area contributed by atoms with Crippen LogP contribution in [0.3, 0.4) is 0 Å². The summed E-state index contributed by atoms with van der Waals surface area (Å²) >= 11 is 0. The van der Waals surface area contributed by atoms with Gasteiger partial charge in [-0.1, -0.05) is 40.7 Å². The summed E-state index contributed by atoms with van der Waals surface area (Å²) in [6.07, 6.45) is 3.40. The number of rotatable bonds is 6. The van der Waals surface area contributed by atoms with Crippen LogP contribution in [0.1, 0.15) is 58.8 Å². The number of aromatic nitrogens is 2. The predicted molar refractivity (Wildman–Crippen MR) is 90.9 cm³/mol. The fourth-order valence-electron chi connectivity index (χ4n) is 2.46. The number of imidazole rings is 1. The first kappa shape index (κ1) is 16.0. The Hall–Kier alpha value is -1.35. The molecule has 0 bridgehead atoms. The average molecular weight is 287 g/mol. The lowest BCUT2D eigenvalue weighted by Gasteiger charge is -2.18. The highest BCUT2D eigenvalue weighted by Crippen LogP contribution is 2.25. The van der Waals surface area contributed by atoms with Crippen LogP contribution < -0.4 is 5.32 Å². The third-order valence-electron chi connectivity index (χ3n) is 3.79. The number of fused-ring (bicyclic) bond motifs is 1. The highest BCUT2D eigenvalue weighted by atomic mass is 14.9. The number of H-pyrrole nitrogens is 1. The zero-order valence-electron chi connectivity index (χ0n) is 14.1. The van der Waals surface area contributed by atoms with Crippen molar-refractivity contribution >= 4 is 11.0 Å². The second kappa shape index (κ2) is 6.61. The van der Waals surface area contributed by atoms with Crippen molar-refractivity contribution in [1.82, 2.24) is 15.3 Å². The third kappa shape index (κ3) is 4.57. The van der Waals surface area contributed by atoms with Crippen molar-refractivity contribution in [3.8, 4) is 0 Å². The van der Waals surface area contributed by atoms with Crippen LogP contribution in [0.2, 0.25) is 0 Å². The van der Waals surface area contributed by atoms with Gasteiger partial charge >= 0.3 is 0 Å². The molecule has 116 valence electrons. The second-order valence-corrected chi connectivity index (χ2v) is 7.23. The van der Waals surface area contributed by atoms with Crippen molar-refractivity contribution in [3.63, 3.8) is 0 Å². The molecule has 2 N–H and O–H groups in total. The van der Waals surface area contributed by atoms with Gasteiger partial charge in [0, 0.05) is 12.5 Å². The number of benzene rings is 1. The summed E-state index contributed by atoms with van der Waals surface area (Å²) in [5, 5.41) is 3.45. The number of nitrogens with zero attached hydrogens (tertiary/aromatic N) is 1. The topological polar surface area (TPSA) is 40.7 Å². The number of hydrogen-bond donors (Lipinski definition) is 2. The van der Waals surface area contributed by atoms with Crippen LogP contribution in [0.4, 0.5) is 0 Å². The molecule has 1 heterocycles. The number of hydrogen-bond acceptors (Lipinski definition) is 2. The van der Waals surface area contributed by atoms with Gasteiger partial charge in [-0.3, -0.25) is 0 Å². The van der Waals surface area contributed by atoms with Crippen molar-refractivity contribution in [2.75, 3.05) is 6.54 Å². The van der Waals surface area contributed by atoms with Gasteiger partial charge in [-0.15, -0.1) is 0 Å². The first-order chi connectivity index (χ1) is 9.86. The molecule has 0 saturated carbocycles. The fourth-order valence-corrected chi connectivity index (χ4v) is 2.46. The molecule has 0 amide bonds. The third-order valence-corrected chi connectivity index (χ3v) is 3.79. The Bertz CT molecular complexity index is 576. The maximum atomic E-state index is 4.69. The van der Waals surface area contributed by atoms with E-state index < -0.39 is 0 Å². The lowest BCUT2D eigenvalue weighted by Crippen LogP contribution is -2.23. The molecule has 3 heteroatoms. The van der Waals surface area contributed by atoms with Crippen LogP contribution in [0.5, 0.6) is 0 Å². The molecule has 3 nitrogen and oxygen atoms in total. The van der Waals surface area contributed by atoms with E-state index in [2.05, 4.69) is 63.1 Å². The second-order valence-electron chi connectivity index (χ2n) is 7.23. The van der Waals surface area contributed by atoms with Crippen LogP contribution in [-0.2, 0) is 11.8 Å². The first-order valence-electron chi connectivity index (χ1n) is 8.09. The molecule has 0 atom stereocenters. The van der Waals surface area contributed by atoms with Crippen molar-refractivity contribution in [2.24, 2.45) is 0 Å². The molecule has 0 aliphatic carbocycles. The Morgan fingerprint density at radius 3 is 2.62 bits per heavy atom. The SMILES string of the molecule is CC(C)NCCCCc1nc2ccc(C(C)(C)C)cc2[nH]1. The molecule has 1 aromatic carbocycles. The van der Waals surface area contributed by atoms with Gasteiger partial charge in [0.25, 0.3) is 0 Å². The van der Waals surface area contributed by atoms with Crippen molar-refractivity contribution in [3.05, 3.63) is 29.6 Å². The Morgan fingerprint density at radius 1 is 1.19 bits per heavy atom. The number of aromatic amines is 1.